The quantitative estimate of drug-likeness (QED) is 0.560. The molecule has 0 aliphatic heterocycles. The van der Waals surface area contributed by atoms with Crippen LogP contribution in [0.4, 0.5) is 0 Å². The highest BCUT2D eigenvalue weighted by atomic mass is 32.1. The summed E-state index contributed by atoms with van der Waals surface area (Å²) in [4.78, 5) is 0. The summed E-state index contributed by atoms with van der Waals surface area (Å²) < 4.78 is 12.5. The summed E-state index contributed by atoms with van der Waals surface area (Å²) in [6.45, 7) is 1.93. The van der Waals surface area contributed by atoms with Crippen LogP contribution >= 0.6 is 12.2 Å². The maximum atomic E-state index is 5.28. The zero-order valence-corrected chi connectivity index (χ0v) is 14.1. The molecule has 122 valence electrons. The molecule has 24 heavy (non-hydrogen) atoms. The third-order valence-electron chi connectivity index (χ3n) is 3.29. The van der Waals surface area contributed by atoms with Gasteiger partial charge in [0.05, 0.1) is 19.6 Å². The molecule has 0 radical (unpaired) electrons. The van der Waals surface area contributed by atoms with Crippen molar-refractivity contribution in [3.63, 3.8) is 0 Å². The van der Waals surface area contributed by atoms with E-state index in [4.69, 9.17) is 21.4 Å². The smallest absolute Gasteiger partial charge is 0.216 e. The molecule has 0 atom stereocenters. The molecule has 0 saturated carbocycles. The highest BCUT2D eigenvalue weighted by Crippen LogP contribution is 2.20. The molecule has 0 unspecified atom stereocenters. The first-order chi connectivity index (χ1) is 11.7. The van der Waals surface area contributed by atoms with Crippen LogP contribution in [0, 0.1) is 4.77 Å². The van der Waals surface area contributed by atoms with E-state index in [1.54, 1.807) is 24.3 Å². The van der Waals surface area contributed by atoms with Gasteiger partial charge in [0.2, 0.25) is 4.77 Å². The molecule has 3 aromatic rings. The van der Waals surface area contributed by atoms with Crippen molar-refractivity contribution >= 4 is 24.5 Å². The molecule has 0 fully saturated rings. The fourth-order valence-electron chi connectivity index (χ4n) is 2.11. The minimum absolute atomic E-state index is 0.419. The predicted octanol–water partition coefficient (Wildman–Crippen LogP) is 4.15. The molecular weight excluding hydrogens is 324 g/mol. The van der Waals surface area contributed by atoms with Crippen molar-refractivity contribution in [2.75, 3.05) is 7.11 Å². The molecule has 3 rings (SSSR count). The molecular formula is C17H16N4O2S. The Balaban J connectivity index is 1.90. The van der Waals surface area contributed by atoms with Gasteiger partial charge in [0, 0.05) is 5.56 Å². The second kappa shape index (κ2) is 7.10. The Bertz CT molecular complexity index is 918. The second-order valence-electron chi connectivity index (χ2n) is 5.04. The number of furan rings is 1. The van der Waals surface area contributed by atoms with Crippen molar-refractivity contribution in [1.29, 1.82) is 0 Å². The fraction of sp³-hybridized carbons (Fsp3) is 0.118. The number of aromatic amines is 1. The maximum absolute atomic E-state index is 5.28. The molecule has 6 nitrogen and oxygen atoms in total. The van der Waals surface area contributed by atoms with Gasteiger partial charge in [-0.15, -0.1) is 0 Å². The average Bonchev–Trinajstić information content (AvgIpc) is 3.23. The molecule has 0 amide bonds. The van der Waals surface area contributed by atoms with Crippen LogP contribution < -0.4 is 4.74 Å². The van der Waals surface area contributed by atoms with E-state index in [0.717, 1.165) is 22.6 Å². The van der Waals surface area contributed by atoms with Gasteiger partial charge in [0.15, 0.2) is 5.82 Å². The average molecular weight is 340 g/mol. The molecule has 2 aromatic heterocycles. The van der Waals surface area contributed by atoms with Gasteiger partial charge in [-0.05, 0) is 67.2 Å². The van der Waals surface area contributed by atoms with Crippen molar-refractivity contribution < 1.29 is 9.15 Å². The first-order valence-corrected chi connectivity index (χ1v) is 7.66. The molecule has 0 bridgehead atoms. The summed E-state index contributed by atoms with van der Waals surface area (Å²) in [5.74, 6) is 2.18. The fourth-order valence-corrected chi connectivity index (χ4v) is 2.29. The lowest BCUT2D eigenvalue weighted by atomic mass is 10.2. The number of rotatable bonds is 5. The third-order valence-corrected chi connectivity index (χ3v) is 3.55. The predicted molar refractivity (Wildman–Crippen MR) is 95.6 cm³/mol. The standard InChI is InChI=1S/C17H16N4O2S/c1-12(10-15-4-3-9-23-15)11-18-21-16(19-20-17(21)24)13-5-7-14(22-2)8-6-13/h3-11H,1-2H3,(H,20,24). The number of hydrogen-bond acceptors (Lipinski definition) is 5. The monoisotopic (exact) mass is 340 g/mol. The van der Waals surface area contributed by atoms with E-state index in [1.165, 1.54) is 0 Å². The van der Waals surface area contributed by atoms with Crippen LogP contribution in [0.1, 0.15) is 12.7 Å². The van der Waals surface area contributed by atoms with Crippen molar-refractivity contribution in [2.45, 2.75) is 6.92 Å². The third kappa shape index (κ3) is 3.52. The summed E-state index contributed by atoms with van der Waals surface area (Å²) >= 11 is 5.26. The van der Waals surface area contributed by atoms with Crippen LogP contribution in [0.15, 0.2) is 57.8 Å². The minimum atomic E-state index is 0.419. The summed E-state index contributed by atoms with van der Waals surface area (Å²) in [5.41, 5.74) is 1.81. The van der Waals surface area contributed by atoms with Crippen LogP contribution in [0.3, 0.4) is 0 Å². The lowest BCUT2D eigenvalue weighted by Crippen LogP contribution is -1.95. The first kappa shape index (κ1) is 15.9. The molecule has 7 heteroatoms. The van der Waals surface area contributed by atoms with Crippen molar-refractivity contribution in [1.82, 2.24) is 14.9 Å². The Morgan fingerprint density at radius 1 is 1.33 bits per heavy atom. The zero-order valence-electron chi connectivity index (χ0n) is 13.3. The molecule has 0 aliphatic rings. The summed E-state index contributed by atoms with van der Waals surface area (Å²) in [6, 6.07) is 11.3. The van der Waals surface area contributed by atoms with Gasteiger partial charge < -0.3 is 9.15 Å². The lowest BCUT2D eigenvalue weighted by molar-refractivity contribution is 0.415. The van der Waals surface area contributed by atoms with E-state index in [1.807, 2.05) is 49.4 Å². The number of methoxy groups -OCH3 is 1. The Morgan fingerprint density at radius 3 is 2.79 bits per heavy atom. The van der Waals surface area contributed by atoms with Crippen LogP contribution in [-0.2, 0) is 0 Å². The van der Waals surface area contributed by atoms with E-state index in [-0.39, 0.29) is 0 Å². The number of ether oxygens (including phenoxy) is 1. The Hall–Kier alpha value is -2.93. The molecule has 1 aromatic carbocycles. The minimum Gasteiger partial charge on any atom is -0.497 e. The highest BCUT2D eigenvalue weighted by Gasteiger charge is 2.08. The number of nitrogens with one attached hydrogen (secondary N) is 1. The zero-order chi connectivity index (χ0) is 16.9. The molecule has 1 N–H and O–H groups in total. The molecule has 0 aliphatic carbocycles. The first-order valence-electron chi connectivity index (χ1n) is 7.25. The number of aromatic nitrogens is 3. The molecule has 0 saturated heterocycles. The van der Waals surface area contributed by atoms with Gasteiger partial charge in [-0.25, -0.2) is 5.10 Å². The van der Waals surface area contributed by atoms with Crippen molar-refractivity contribution in [3.8, 4) is 17.1 Å². The van der Waals surface area contributed by atoms with E-state index in [9.17, 15) is 0 Å². The number of allylic oxidation sites excluding steroid dienone is 1. The van der Waals surface area contributed by atoms with Gasteiger partial charge in [0.1, 0.15) is 11.5 Å². The Labute approximate surface area is 144 Å². The van der Waals surface area contributed by atoms with E-state index in [2.05, 4.69) is 15.3 Å². The van der Waals surface area contributed by atoms with E-state index in [0.29, 0.717) is 10.6 Å². The Morgan fingerprint density at radius 2 is 2.12 bits per heavy atom. The van der Waals surface area contributed by atoms with Gasteiger partial charge >= 0.3 is 0 Å². The van der Waals surface area contributed by atoms with Crippen LogP contribution in [0.2, 0.25) is 0 Å². The lowest BCUT2D eigenvalue weighted by Gasteiger charge is -2.03. The van der Waals surface area contributed by atoms with Gasteiger partial charge in [0.25, 0.3) is 0 Å². The van der Waals surface area contributed by atoms with Crippen LogP contribution in [-0.4, -0.2) is 28.2 Å². The SMILES string of the molecule is COc1ccc(-c2n[nH]c(=S)n2N=CC(C)=Cc2ccco2)cc1. The highest BCUT2D eigenvalue weighted by molar-refractivity contribution is 7.71. The second-order valence-corrected chi connectivity index (χ2v) is 5.43. The number of benzene rings is 1. The normalized spacial score (nSPS) is 12.0. The van der Waals surface area contributed by atoms with E-state index >= 15 is 0 Å². The number of H-pyrrole nitrogens is 1. The largest absolute Gasteiger partial charge is 0.497 e. The van der Waals surface area contributed by atoms with Gasteiger partial charge in [-0.2, -0.15) is 14.9 Å². The van der Waals surface area contributed by atoms with Crippen molar-refractivity contribution in [3.05, 3.63) is 58.8 Å². The van der Waals surface area contributed by atoms with Gasteiger partial charge in [-0.3, -0.25) is 0 Å². The number of hydrogen-bond donors (Lipinski definition) is 1. The topological polar surface area (TPSA) is 68.3 Å². The number of nitrogens with zero attached hydrogens (tertiary/aromatic N) is 3. The van der Waals surface area contributed by atoms with Crippen LogP contribution in [0.5, 0.6) is 5.75 Å². The summed E-state index contributed by atoms with van der Waals surface area (Å²) in [6.07, 6.45) is 5.23. The summed E-state index contributed by atoms with van der Waals surface area (Å²) in [7, 11) is 1.63. The van der Waals surface area contributed by atoms with Gasteiger partial charge in [-0.1, -0.05) is 0 Å². The van der Waals surface area contributed by atoms with Crippen molar-refractivity contribution in [2.24, 2.45) is 5.10 Å². The molecule has 0 spiro atoms. The maximum Gasteiger partial charge on any atom is 0.216 e. The summed E-state index contributed by atoms with van der Waals surface area (Å²) in [5, 5.41) is 11.4. The molecule has 2 heterocycles. The Kier molecular flexibility index (Phi) is 4.72. The van der Waals surface area contributed by atoms with E-state index < -0.39 is 0 Å². The van der Waals surface area contributed by atoms with Crippen LogP contribution in [0.25, 0.3) is 17.5 Å².